The second kappa shape index (κ2) is 6.96. The molecule has 0 fully saturated rings. The maximum Gasteiger partial charge on any atom is 0.335 e. The van der Waals surface area contributed by atoms with Crippen LogP contribution in [0.25, 0.3) is 0 Å². The third kappa shape index (κ3) is 4.32. The van der Waals surface area contributed by atoms with Crippen LogP contribution in [0.15, 0.2) is 42.5 Å². The number of rotatable bonds is 5. The SMILES string of the molecule is Cc1ccc(C)c(OC(C)C(=O)Nc2cccc(C(=O)O)c2)c1. The van der Waals surface area contributed by atoms with Crippen molar-refractivity contribution < 1.29 is 19.4 Å². The molecule has 0 saturated heterocycles. The summed E-state index contributed by atoms with van der Waals surface area (Å²) in [6.45, 7) is 5.52. The normalized spacial score (nSPS) is 11.6. The molecule has 0 aliphatic heterocycles. The van der Waals surface area contributed by atoms with Gasteiger partial charge in [-0.25, -0.2) is 4.79 Å². The molecule has 5 heteroatoms. The van der Waals surface area contributed by atoms with Crippen molar-refractivity contribution in [3.05, 3.63) is 59.2 Å². The van der Waals surface area contributed by atoms with Crippen LogP contribution < -0.4 is 10.1 Å². The molecule has 0 aliphatic rings. The molecule has 1 unspecified atom stereocenters. The zero-order valence-electron chi connectivity index (χ0n) is 13.3. The molecule has 1 atom stereocenters. The standard InChI is InChI=1S/C18H19NO4/c1-11-7-8-12(2)16(9-11)23-13(3)17(20)19-15-6-4-5-14(10-15)18(21)22/h4-10,13H,1-3H3,(H,19,20)(H,21,22). The van der Waals surface area contributed by atoms with Crippen LogP contribution in [0.2, 0.25) is 0 Å². The number of ether oxygens (including phenoxy) is 1. The van der Waals surface area contributed by atoms with Crippen molar-refractivity contribution in [2.45, 2.75) is 26.9 Å². The number of amides is 1. The van der Waals surface area contributed by atoms with E-state index in [2.05, 4.69) is 5.32 Å². The lowest BCUT2D eigenvalue weighted by Crippen LogP contribution is -2.30. The highest BCUT2D eigenvalue weighted by Crippen LogP contribution is 2.21. The fraction of sp³-hybridized carbons (Fsp3) is 0.222. The molecule has 23 heavy (non-hydrogen) atoms. The van der Waals surface area contributed by atoms with Crippen molar-refractivity contribution >= 4 is 17.6 Å². The first-order chi connectivity index (χ1) is 10.9. The van der Waals surface area contributed by atoms with Crippen LogP contribution in [0.4, 0.5) is 5.69 Å². The molecule has 2 rings (SSSR count). The Balaban J connectivity index is 2.07. The van der Waals surface area contributed by atoms with Gasteiger partial charge in [-0.15, -0.1) is 0 Å². The number of hydrogen-bond acceptors (Lipinski definition) is 3. The Labute approximate surface area is 134 Å². The molecule has 0 aromatic heterocycles. The van der Waals surface area contributed by atoms with Crippen LogP contribution in [0.3, 0.4) is 0 Å². The monoisotopic (exact) mass is 313 g/mol. The number of carbonyl (C=O) groups excluding carboxylic acids is 1. The quantitative estimate of drug-likeness (QED) is 0.887. The van der Waals surface area contributed by atoms with Gasteiger partial charge in [0, 0.05) is 5.69 Å². The summed E-state index contributed by atoms with van der Waals surface area (Å²) in [5.41, 5.74) is 2.53. The number of anilines is 1. The van der Waals surface area contributed by atoms with E-state index in [1.54, 1.807) is 19.1 Å². The Hall–Kier alpha value is -2.82. The van der Waals surface area contributed by atoms with Gasteiger partial charge >= 0.3 is 5.97 Å². The molecular weight excluding hydrogens is 294 g/mol. The number of carbonyl (C=O) groups is 2. The zero-order chi connectivity index (χ0) is 17.0. The van der Waals surface area contributed by atoms with E-state index in [-0.39, 0.29) is 11.5 Å². The first-order valence-corrected chi connectivity index (χ1v) is 7.25. The summed E-state index contributed by atoms with van der Waals surface area (Å²) in [6, 6.07) is 11.9. The van der Waals surface area contributed by atoms with Gasteiger partial charge in [-0.2, -0.15) is 0 Å². The largest absolute Gasteiger partial charge is 0.481 e. The lowest BCUT2D eigenvalue weighted by Gasteiger charge is -2.17. The Morgan fingerprint density at radius 1 is 1.13 bits per heavy atom. The summed E-state index contributed by atoms with van der Waals surface area (Å²) in [4.78, 5) is 23.2. The molecule has 0 saturated carbocycles. The van der Waals surface area contributed by atoms with Gasteiger partial charge in [-0.05, 0) is 56.2 Å². The second-order valence-corrected chi connectivity index (χ2v) is 5.40. The highest BCUT2D eigenvalue weighted by Gasteiger charge is 2.16. The van der Waals surface area contributed by atoms with Gasteiger partial charge < -0.3 is 15.2 Å². The van der Waals surface area contributed by atoms with Crippen LogP contribution in [-0.2, 0) is 4.79 Å². The van der Waals surface area contributed by atoms with E-state index in [1.165, 1.54) is 12.1 Å². The third-order valence-electron chi connectivity index (χ3n) is 3.39. The molecule has 0 spiro atoms. The van der Waals surface area contributed by atoms with Gasteiger partial charge in [-0.1, -0.05) is 18.2 Å². The number of hydrogen-bond donors (Lipinski definition) is 2. The first kappa shape index (κ1) is 16.5. The average molecular weight is 313 g/mol. The number of benzene rings is 2. The van der Waals surface area contributed by atoms with E-state index < -0.39 is 12.1 Å². The number of carboxylic acid groups (broad SMARTS) is 1. The van der Waals surface area contributed by atoms with Gasteiger partial charge in [0.2, 0.25) is 0 Å². The van der Waals surface area contributed by atoms with Gasteiger partial charge in [-0.3, -0.25) is 4.79 Å². The summed E-state index contributed by atoms with van der Waals surface area (Å²) >= 11 is 0. The molecule has 5 nitrogen and oxygen atoms in total. The van der Waals surface area contributed by atoms with Crippen molar-refractivity contribution in [3.8, 4) is 5.75 Å². The Bertz CT molecular complexity index is 740. The number of nitrogens with one attached hydrogen (secondary N) is 1. The minimum absolute atomic E-state index is 0.117. The minimum atomic E-state index is -1.04. The fourth-order valence-corrected chi connectivity index (χ4v) is 2.05. The van der Waals surface area contributed by atoms with E-state index >= 15 is 0 Å². The topological polar surface area (TPSA) is 75.6 Å². The van der Waals surface area contributed by atoms with Gasteiger partial charge in [0.25, 0.3) is 5.91 Å². The third-order valence-corrected chi connectivity index (χ3v) is 3.39. The summed E-state index contributed by atoms with van der Waals surface area (Å²) in [7, 11) is 0. The molecule has 0 aliphatic carbocycles. The molecule has 120 valence electrons. The lowest BCUT2D eigenvalue weighted by molar-refractivity contribution is -0.122. The van der Waals surface area contributed by atoms with Crippen LogP contribution >= 0.6 is 0 Å². The van der Waals surface area contributed by atoms with E-state index in [0.717, 1.165) is 11.1 Å². The van der Waals surface area contributed by atoms with E-state index in [4.69, 9.17) is 9.84 Å². The molecule has 2 N–H and O–H groups in total. The first-order valence-electron chi connectivity index (χ1n) is 7.25. The molecule has 0 bridgehead atoms. The lowest BCUT2D eigenvalue weighted by atomic mass is 10.1. The van der Waals surface area contributed by atoms with Crippen LogP contribution in [0.1, 0.15) is 28.4 Å². The van der Waals surface area contributed by atoms with Crippen molar-refractivity contribution in [3.63, 3.8) is 0 Å². The summed E-state index contributed by atoms with van der Waals surface area (Å²) in [5.74, 6) is -0.721. The molecular formula is C18H19NO4. The summed E-state index contributed by atoms with van der Waals surface area (Å²) < 4.78 is 5.71. The highest BCUT2D eigenvalue weighted by molar-refractivity contribution is 5.96. The van der Waals surface area contributed by atoms with Gasteiger partial charge in [0.05, 0.1) is 5.56 Å². The maximum absolute atomic E-state index is 12.2. The smallest absolute Gasteiger partial charge is 0.335 e. The maximum atomic E-state index is 12.2. The Kier molecular flexibility index (Phi) is 5.01. The Morgan fingerprint density at radius 3 is 2.57 bits per heavy atom. The van der Waals surface area contributed by atoms with Gasteiger partial charge in [0.1, 0.15) is 5.75 Å². The minimum Gasteiger partial charge on any atom is -0.481 e. The van der Waals surface area contributed by atoms with Crippen LogP contribution in [0.5, 0.6) is 5.75 Å². The average Bonchev–Trinajstić information content (AvgIpc) is 2.51. The summed E-state index contributed by atoms with van der Waals surface area (Å²) in [5, 5.41) is 11.6. The zero-order valence-corrected chi connectivity index (χ0v) is 13.3. The summed E-state index contributed by atoms with van der Waals surface area (Å²) in [6.07, 6.45) is -0.705. The van der Waals surface area contributed by atoms with E-state index in [0.29, 0.717) is 11.4 Å². The van der Waals surface area contributed by atoms with Gasteiger partial charge in [0.15, 0.2) is 6.10 Å². The fourth-order valence-electron chi connectivity index (χ4n) is 2.05. The van der Waals surface area contributed by atoms with Crippen LogP contribution in [0, 0.1) is 13.8 Å². The van der Waals surface area contributed by atoms with E-state index in [9.17, 15) is 9.59 Å². The van der Waals surface area contributed by atoms with Crippen molar-refractivity contribution in [1.29, 1.82) is 0 Å². The van der Waals surface area contributed by atoms with Crippen molar-refractivity contribution in [2.24, 2.45) is 0 Å². The predicted molar refractivity (Wildman–Crippen MR) is 88.0 cm³/mol. The number of aryl methyl sites for hydroxylation is 2. The molecule has 0 radical (unpaired) electrons. The van der Waals surface area contributed by atoms with Crippen LogP contribution in [-0.4, -0.2) is 23.1 Å². The molecule has 0 heterocycles. The highest BCUT2D eigenvalue weighted by atomic mass is 16.5. The second-order valence-electron chi connectivity index (χ2n) is 5.40. The van der Waals surface area contributed by atoms with Crippen molar-refractivity contribution in [2.75, 3.05) is 5.32 Å². The predicted octanol–water partition coefficient (Wildman–Crippen LogP) is 3.41. The molecule has 1 amide bonds. The van der Waals surface area contributed by atoms with Crippen molar-refractivity contribution in [1.82, 2.24) is 0 Å². The van der Waals surface area contributed by atoms with E-state index in [1.807, 2.05) is 32.0 Å². The number of aromatic carboxylic acids is 1. The number of carboxylic acids is 1. The Morgan fingerprint density at radius 2 is 1.87 bits per heavy atom. The molecule has 2 aromatic rings. The molecule has 2 aromatic carbocycles.